The number of hydrogen-bond donors (Lipinski definition) is 0. The molecule has 2 aromatic carbocycles. The van der Waals surface area contributed by atoms with E-state index in [2.05, 4.69) is 33.5 Å². The normalized spacial score (nSPS) is 17.0. The molecule has 0 bridgehead atoms. The van der Waals surface area contributed by atoms with Gasteiger partial charge in [-0.1, -0.05) is 18.2 Å². The maximum absolute atomic E-state index is 11.2. The van der Waals surface area contributed by atoms with Gasteiger partial charge in [0, 0.05) is 36.4 Å². The Balaban J connectivity index is 1.90. The molecular weight excluding hydrogens is 350 g/mol. The molecule has 5 nitrogen and oxygen atoms in total. The van der Waals surface area contributed by atoms with Gasteiger partial charge in [-0.05, 0) is 30.3 Å². The highest BCUT2D eigenvalue weighted by Crippen LogP contribution is 2.39. The van der Waals surface area contributed by atoms with Crippen LogP contribution in [-0.2, 0) is 5.66 Å². The zero-order valence-corrected chi connectivity index (χ0v) is 15.0. The van der Waals surface area contributed by atoms with Crippen molar-refractivity contribution < 1.29 is 14.1 Å². The predicted octanol–water partition coefficient (Wildman–Crippen LogP) is 3.45. The Morgan fingerprint density at radius 2 is 1.43 bits per heavy atom. The molecule has 5 rings (SSSR count). The Hall–Kier alpha value is -3.86. The van der Waals surface area contributed by atoms with Crippen LogP contribution in [0.15, 0.2) is 104 Å². The van der Waals surface area contributed by atoms with Crippen molar-refractivity contribution in [2.24, 2.45) is 0 Å². The molecule has 1 aliphatic heterocycles. The molecule has 0 fully saturated rings. The van der Waals surface area contributed by atoms with Crippen molar-refractivity contribution in [2.45, 2.75) is 5.66 Å². The lowest BCUT2D eigenvalue weighted by Crippen LogP contribution is -2.72. The van der Waals surface area contributed by atoms with Crippen LogP contribution in [0.5, 0.6) is 0 Å². The summed E-state index contributed by atoms with van der Waals surface area (Å²) in [4.78, 5) is 10.8. The molecule has 1 aliphatic rings. The lowest BCUT2D eigenvalue weighted by molar-refractivity contribution is -0.963. The molecule has 2 aromatic heterocycles. The molecule has 3 heterocycles. The average Bonchev–Trinajstić information content (AvgIpc) is 3.06. The molecule has 0 saturated heterocycles. The van der Waals surface area contributed by atoms with Crippen LogP contribution in [0, 0.1) is 10.1 Å². The molecule has 4 aromatic rings. The second-order valence-corrected chi connectivity index (χ2v) is 6.76. The third-order valence-corrected chi connectivity index (χ3v) is 5.36. The van der Waals surface area contributed by atoms with Gasteiger partial charge in [0.1, 0.15) is 11.1 Å². The second-order valence-electron chi connectivity index (χ2n) is 6.76. The van der Waals surface area contributed by atoms with E-state index in [1.165, 1.54) is 0 Å². The van der Waals surface area contributed by atoms with Crippen LogP contribution in [0.25, 0.3) is 11.3 Å². The zero-order valence-electron chi connectivity index (χ0n) is 15.0. The first-order chi connectivity index (χ1) is 13.7. The van der Waals surface area contributed by atoms with E-state index in [1.807, 2.05) is 67.0 Å². The number of benzene rings is 2. The first kappa shape index (κ1) is 16.3. The van der Waals surface area contributed by atoms with Gasteiger partial charge in [0.25, 0.3) is 5.69 Å². The number of nitro benzene ring substituents is 1. The van der Waals surface area contributed by atoms with Gasteiger partial charge >= 0.3 is 5.66 Å². The van der Waals surface area contributed by atoms with E-state index in [0.29, 0.717) is 0 Å². The number of nitro groups is 1. The van der Waals surface area contributed by atoms with Crippen LogP contribution in [0.1, 0.15) is 11.1 Å². The summed E-state index contributed by atoms with van der Waals surface area (Å²) in [5, 5.41) is 11.2. The van der Waals surface area contributed by atoms with Gasteiger partial charge in [0.05, 0.1) is 10.5 Å². The summed E-state index contributed by atoms with van der Waals surface area (Å²) < 4.78 is 4.39. The molecule has 28 heavy (non-hydrogen) atoms. The smallest absolute Gasteiger partial charge is 0.258 e. The van der Waals surface area contributed by atoms with Crippen molar-refractivity contribution >= 4 is 5.69 Å². The van der Waals surface area contributed by atoms with Gasteiger partial charge < -0.3 is 0 Å². The fraction of sp³-hybridized carbons (Fsp3) is 0.0435. The maximum atomic E-state index is 11.2. The molecular formula is C23H17N3O2+2. The Labute approximate surface area is 161 Å². The van der Waals surface area contributed by atoms with Gasteiger partial charge in [0.15, 0.2) is 18.6 Å². The van der Waals surface area contributed by atoms with E-state index in [4.69, 9.17) is 0 Å². The molecule has 0 saturated carbocycles. The van der Waals surface area contributed by atoms with Gasteiger partial charge in [0.2, 0.25) is 5.69 Å². The Bertz CT molecular complexity index is 1140. The monoisotopic (exact) mass is 367 g/mol. The summed E-state index contributed by atoms with van der Waals surface area (Å²) in [6.45, 7) is 0. The van der Waals surface area contributed by atoms with E-state index in [-0.39, 0.29) is 10.6 Å². The van der Waals surface area contributed by atoms with E-state index in [9.17, 15) is 10.1 Å². The number of pyridine rings is 2. The number of aromatic nitrogens is 2. The largest absolute Gasteiger partial charge is 0.416 e. The SMILES string of the molecule is O=[N+]([O-])c1ccc(C2([n+]3ccccc3)c3ccccc3-c3cccc[n+]32)cc1. The predicted molar refractivity (Wildman–Crippen MR) is 103 cm³/mol. The number of fused-ring (bicyclic) bond motifs is 3. The van der Waals surface area contributed by atoms with Crippen molar-refractivity contribution in [2.75, 3.05) is 0 Å². The first-order valence-electron chi connectivity index (χ1n) is 9.05. The van der Waals surface area contributed by atoms with Crippen LogP contribution in [-0.4, -0.2) is 4.92 Å². The van der Waals surface area contributed by atoms with Crippen molar-refractivity contribution in [3.05, 3.63) is 125 Å². The van der Waals surface area contributed by atoms with Crippen molar-refractivity contribution in [3.63, 3.8) is 0 Å². The molecule has 0 spiro atoms. The molecule has 134 valence electrons. The fourth-order valence-corrected chi connectivity index (χ4v) is 4.22. The van der Waals surface area contributed by atoms with Crippen LogP contribution >= 0.6 is 0 Å². The van der Waals surface area contributed by atoms with Crippen molar-refractivity contribution in [3.8, 4) is 11.3 Å². The molecule has 0 amide bonds. The highest BCUT2D eigenvalue weighted by Gasteiger charge is 2.60. The van der Waals surface area contributed by atoms with Crippen LogP contribution in [0.4, 0.5) is 5.69 Å². The van der Waals surface area contributed by atoms with Gasteiger partial charge in [-0.25, -0.2) is 0 Å². The number of non-ortho nitro benzene ring substituents is 1. The molecule has 0 N–H and O–H groups in total. The summed E-state index contributed by atoms with van der Waals surface area (Å²) in [5.74, 6) is 0. The quantitative estimate of drug-likeness (QED) is 0.279. The minimum atomic E-state index is -0.663. The summed E-state index contributed by atoms with van der Waals surface area (Å²) in [7, 11) is 0. The Kier molecular flexibility index (Phi) is 3.55. The summed E-state index contributed by atoms with van der Waals surface area (Å²) in [6.07, 6.45) is 6.14. The maximum Gasteiger partial charge on any atom is 0.416 e. The molecule has 0 radical (unpaired) electrons. The minimum absolute atomic E-state index is 0.0847. The summed E-state index contributed by atoms with van der Waals surface area (Å²) in [5.41, 5.74) is 3.76. The minimum Gasteiger partial charge on any atom is -0.258 e. The number of hydrogen-bond acceptors (Lipinski definition) is 2. The van der Waals surface area contributed by atoms with E-state index < -0.39 is 5.66 Å². The standard InChI is InChI=1S/C23H17N3O2/c27-26(28)19-13-11-18(12-14-19)23(24-15-5-1-6-16-24)21-9-3-2-8-20(21)22-10-4-7-17-25(22)23/h1-17H/q+2. The van der Waals surface area contributed by atoms with Gasteiger partial charge in [-0.2, -0.15) is 0 Å². The molecule has 1 atom stereocenters. The van der Waals surface area contributed by atoms with Crippen LogP contribution in [0.3, 0.4) is 0 Å². The summed E-state index contributed by atoms with van der Waals surface area (Å²) >= 11 is 0. The third kappa shape index (κ3) is 2.13. The second kappa shape index (κ2) is 6.09. The highest BCUT2D eigenvalue weighted by molar-refractivity contribution is 5.66. The summed E-state index contributed by atoms with van der Waals surface area (Å²) in [6, 6.07) is 27.3. The van der Waals surface area contributed by atoms with E-state index in [1.54, 1.807) is 12.1 Å². The zero-order chi connectivity index (χ0) is 19.1. The average molecular weight is 367 g/mol. The van der Waals surface area contributed by atoms with Crippen molar-refractivity contribution in [1.82, 2.24) is 0 Å². The lowest BCUT2D eigenvalue weighted by atomic mass is 9.89. The van der Waals surface area contributed by atoms with Crippen molar-refractivity contribution in [1.29, 1.82) is 0 Å². The molecule has 5 heteroatoms. The fourth-order valence-electron chi connectivity index (χ4n) is 4.22. The topological polar surface area (TPSA) is 50.9 Å². The molecule has 0 aliphatic carbocycles. The Morgan fingerprint density at radius 1 is 0.750 bits per heavy atom. The highest BCUT2D eigenvalue weighted by atomic mass is 16.6. The Morgan fingerprint density at radius 3 is 2.18 bits per heavy atom. The third-order valence-electron chi connectivity index (χ3n) is 5.36. The van der Waals surface area contributed by atoms with E-state index in [0.717, 1.165) is 22.4 Å². The van der Waals surface area contributed by atoms with Crippen LogP contribution < -0.4 is 9.13 Å². The first-order valence-corrected chi connectivity index (χ1v) is 9.05. The lowest BCUT2D eigenvalue weighted by Gasteiger charge is -2.20. The number of rotatable bonds is 3. The van der Waals surface area contributed by atoms with Crippen LogP contribution in [0.2, 0.25) is 0 Å². The number of nitrogens with zero attached hydrogens (tertiary/aromatic N) is 3. The van der Waals surface area contributed by atoms with Gasteiger partial charge in [-0.3, -0.25) is 10.1 Å². The van der Waals surface area contributed by atoms with E-state index >= 15 is 0 Å². The van der Waals surface area contributed by atoms with Gasteiger partial charge in [-0.15, -0.1) is 9.13 Å². The molecule has 1 unspecified atom stereocenters.